The van der Waals surface area contributed by atoms with Crippen LogP contribution in [0.2, 0.25) is 0 Å². The van der Waals surface area contributed by atoms with E-state index in [9.17, 15) is 0 Å². The lowest BCUT2D eigenvalue weighted by Gasteiger charge is -2.31. The van der Waals surface area contributed by atoms with Crippen LogP contribution < -0.4 is 0 Å². The average Bonchev–Trinajstić information content (AvgIpc) is 2.75. The van der Waals surface area contributed by atoms with E-state index in [1.165, 1.54) is 36.5 Å². The Balaban J connectivity index is 1.88. The molecule has 0 bridgehead atoms. The standard InChI is InChI=1S/C10H13ClN2S/c11-5-7-6-14-10-12-8-3-1-2-4-9(8)13(7)10/h6,8-9H,1-5H2/t8-,9+/m1/s1. The lowest BCUT2D eigenvalue weighted by Crippen LogP contribution is -2.38. The highest BCUT2D eigenvalue weighted by Crippen LogP contribution is 2.40. The Bertz CT molecular complexity index is 313. The highest BCUT2D eigenvalue weighted by Gasteiger charge is 2.41. The summed E-state index contributed by atoms with van der Waals surface area (Å²) in [6.07, 6.45) is 5.24. The zero-order chi connectivity index (χ0) is 9.54. The van der Waals surface area contributed by atoms with Gasteiger partial charge in [0.2, 0.25) is 0 Å². The first kappa shape index (κ1) is 9.10. The van der Waals surface area contributed by atoms with Crippen molar-refractivity contribution >= 4 is 28.5 Å². The van der Waals surface area contributed by atoms with Gasteiger partial charge < -0.3 is 4.90 Å². The van der Waals surface area contributed by atoms with Gasteiger partial charge in [0.15, 0.2) is 5.17 Å². The molecule has 2 nitrogen and oxygen atoms in total. The van der Waals surface area contributed by atoms with Crippen molar-refractivity contribution in [3.63, 3.8) is 0 Å². The number of thioether (sulfide) groups is 1. The third-order valence-electron chi connectivity index (χ3n) is 3.25. The fourth-order valence-electron chi connectivity index (χ4n) is 2.59. The Hall–Kier alpha value is -0.150. The number of alkyl halides is 1. The molecule has 0 unspecified atom stereocenters. The Morgan fingerprint density at radius 1 is 1.50 bits per heavy atom. The van der Waals surface area contributed by atoms with Crippen molar-refractivity contribution in [2.75, 3.05) is 5.88 Å². The minimum absolute atomic E-state index is 0.554. The Morgan fingerprint density at radius 2 is 2.36 bits per heavy atom. The van der Waals surface area contributed by atoms with Gasteiger partial charge in [0, 0.05) is 5.70 Å². The van der Waals surface area contributed by atoms with Crippen molar-refractivity contribution < 1.29 is 0 Å². The maximum atomic E-state index is 5.93. The van der Waals surface area contributed by atoms with Gasteiger partial charge >= 0.3 is 0 Å². The molecule has 0 amide bonds. The molecule has 1 fully saturated rings. The van der Waals surface area contributed by atoms with E-state index in [0.29, 0.717) is 18.0 Å². The molecule has 1 aliphatic carbocycles. The van der Waals surface area contributed by atoms with E-state index in [0.717, 1.165) is 0 Å². The molecule has 0 spiro atoms. The van der Waals surface area contributed by atoms with E-state index in [2.05, 4.69) is 10.3 Å². The zero-order valence-electron chi connectivity index (χ0n) is 7.95. The summed E-state index contributed by atoms with van der Waals surface area (Å²) in [6, 6.07) is 1.18. The molecule has 4 heteroatoms. The van der Waals surface area contributed by atoms with Crippen molar-refractivity contribution in [3.05, 3.63) is 11.1 Å². The number of nitrogens with zero attached hydrogens (tertiary/aromatic N) is 2. The summed E-state index contributed by atoms with van der Waals surface area (Å²) in [6.45, 7) is 0. The molecule has 0 radical (unpaired) electrons. The molecule has 2 aliphatic heterocycles. The number of rotatable bonds is 1. The second kappa shape index (κ2) is 3.46. The van der Waals surface area contributed by atoms with Crippen LogP contribution in [0.25, 0.3) is 0 Å². The largest absolute Gasteiger partial charge is 0.318 e. The molecule has 0 N–H and O–H groups in total. The SMILES string of the molecule is ClCC1=CSC2=N[C@@H]3CCCC[C@@H]3N12. The third kappa shape index (κ3) is 1.22. The quantitative estimate of drug-likeness (QED) is 0.642. The molecular weight excluding hydrogens is 216 g/mol. The van der Waals surface area contributed by atoms with Gasteiger partial charge in [-0.15, -0.1) is 11.6 Å². The highest BCUT2D eigenvalue weighted by molar-refractivity contribution is 8.16. The van der Waals surface area contributed by atoms with Crippen molar-refractivity contribution in [2.24, 2.45) is 4.99 Å². The monoisotopic (exact) mass is 228 g/mol. The maximum absolute atomic E-state index is 5.93. The first-order valence-electron chi connectivity index (χ1n) is 5.19. The summed E-state index contributed by atoms with van der Waals surface area (Å²) in [5.41, 5.74) is 1.25. The second-order valence-corrected chi connectivity index (χ2v) is 5.17. The van der Waals surface area contributed by atoms with Crippen LogP contribution in [0.1, 0.15) is 25.7 Å². The summed E-state index contributed by atoms with van der Waals surface area (Å²) in [4.78, 5) is 7.14. The Labute approximate surface area is 93.4 Å². The van der Waals surface area contributed by atoms with E-state index < -0.39 is 0 Å². The zero-order valence-corrected chi connectivity index (χ0v) is 9.52. The van der Waals surface area contributed by atoms with Gasteiger partial charge in [-0.25, -0.2) is 0 Å². The first-order valence-corrected chi connectivity index (χ1v) is 6.60. The van der Waals surface area contributed by atoms with E-state index >= 15 is 0 Å². The fourth-order valence-corrected chi connectivity index (χ4v) is 3.88. The topological polar surface area (TPSA) is 15.6 Å². The molecule has 2 atom stereocenters. The molecule has 76 valence electrons. The predicted octanol–water partition coefficient (Wildman–Crippen LogP) is 2.80. The number of allylic oxidation sites excluding steroid dienone is 1. The number of aliphatic imine (C=N–C) groups is 1. The van der Waals surface area contributed by atoms with Gasteiger partial charge in [-0.05, 0) is 18.2 Å². The molecule has 3 rings (SSSR count). The maximum Gasteiger partial charge on any atom is 0.168 e. The van der Waals surface area contributed by atoms with Gasteiger partial charge in [0.1, 0.15) is 0 Å². The van der Waals surface area contributed by atoms with Crippen LogP contribution in [0.5, 0.6) is 0 Å². The van der Waals surface area contributed by atoms with Crippen LogP contribution in [0.3, 0.4) is 0 Å². The lowest BCUT2D eigenvalue weighted by atomic mass is 9.91. The van der Waals surface area contributed by atoms with Crippen molar-refractivity contribution in [1.29, 1.82) is 0 Å². The van der Waals surface area contributed by atoms with Gasteiger partial charge in [-0.3, -0.25) is 4.99 Å². The van der Waals surface area contributed by atoms with Crippen LogP contribution in [0, 0.1) is 0 Å². The molecule has 0 aromatic rings. The molecule has 0 aromatic carbocycles. The lowest BCUT2D eigenvalue weighted by molar-refractivity contribution is 0.285. The molecule has 0 saturated heterocycles. The Kier molecular flexibility index (Phi) is 2.25. The molecule has 1 saturated carbocycles. The van der Waals surface area contributed by atoms with Crippen LogP contribution in [0.15, 0.2) is 16.1 Å². The number of amidine groups is 1. The van der Waals surface area contributed by atoms with Gasteiger partial charge in [-0.2, -0.15) is 0 Å². The van der Waals surface area contributed by atoms with E-state index in [4.69, 9.17) is 16.6 Å². The number of hydrogen-bond acceptors (Lipinski definition) is 3. The van der Waals surface area contributed by atoms with Crippen molar-refractivity contribution in [3.8, 4) is 0 Å². The van der Waals surface area contributed by atoms with Gasteiger partial charge in [0.05, 0.1) is 18.0 Å². The number of halogens is 1. The second-order valence-electron chi connectivity index (χ2n) is 4.06. The molecule has 0 aromatic heterocycles. The minimum atomic E-state index is 0.554. The van der Waals surface area contributed by atoms with Crippen LogP contribution in [-0.2, 0) is 0 Å². The number of hydrogen-bond donors (Lipinski definition) is 0. The Morgan fingerprint density at radius 3 is 3.21 bits per heavy atom. The van der Waals surface area contributed by atoms with Crippen LogP contribution in [-0.4, -0.2) is 28.0 Å². The normalized spacial score (nSPS) is 35.1. The van der Waals surface area contributed by atoms with E-state index in [-0.39, 0.29) is 0 Å². The van der Waals surface area contributed by atoms with Gasteiger partial charge in [0.25, 0.3) is 0 Å². The van der Waals surface area contributed by atoms with Gasteiger partial charge in [-0.1, -0.05) is 24.6 Å². The van der Waals surface area contributed by atoms with E-state index in [1.807, 2.05) is 0 Å². The summed E-state index contributed by atoms with van der Waals surface area (Å²) in [5.74, 6) is 0.620. The van der Waals surface area contributed by atoms with Crippen molar-refractivity contribution in [1.82, 2.24) is 4.90 Å². The van der Waals surface area contributed by atoms with Crippen LogP contribution >= 0.6 is 23.4 Å². The summed E-state index contributed by atoms with van der Waals surface area (Å²) >= 11 is 7.67. The number of fused-ring (bicyclic) bond motifs is 3. The summed E-state index contributed by atoms with van der Waals surface area (Å²) in [7, 11) is 0. The minimum Gasteiger partial charge on any atom is -0.318 e. The molecular formula is C10H13ClN2S. The fraction of sp³-hybridized carbons (Fsp3) is 0.700. The molecule has 3 aliphatic rings. The van der Waals surface area contributed by atoms with Crippen molar-refractivity contribution in [2.45, 2.75) is 37.8 Å². The van der Waals surface area contributed by atoms with Crippen LogP contribution in [0.4, 0.5) is 0 Å². The smallest absolute Gasteiger partial charge is 0.168 e. The first-order chi connectivity index (χ1) is 6.90. The highest BCUT2D eigenvalue weighted by atomic mass is 35.5. The molecule has 2 heterocycles. The third-order valence-corrected chi connectivity index (χ3v) is 4.43. The summed E-state index contributed by atoms with van der Waals surface area (Å²) < 4.78 is 0. The predicted molar refractivity (Wildman–Crippen MR) is 61.7 cm³/mol. The average molecular weight is 229 g/mol. The summed E-state index contributed by atoms with van der Waals surface area (Å²) in [5, 5.41) is 3.34. The molecule has 14 heavy (non-hydrogen) atoms. The van der Waals surface area contributed by atoms with E-state index in [1.54, 1.807) is 11.8 Å².